The fourth-order valence-corrected chi connectivity index (χ4v) is 3.20. The van der Waals surface area contributed by atoms with Gasteiger partial charge in [-0.2, -0.15) is 0 Å². The summed E-state index contributed by atoms with van der Waals surface area (Å²) in [7, 11) is 0. The van der Waals surface area contributed by atoms with Crippen LogP contribution in [0.3, 0.4) is 0 Å². The maximum atomic E-state index is 11.9. The van der Waals surface area contributed by atoms with Gasteiger partial charge < -0.3 is 16.6 Å². The number of amides is 1. The minimum absolute atomic E-state index is 0.104. The SMILES string of the molecule is CCc1cnc2c(n1)c(C(N)=O)c(N)n2C1=C(C)C(O)=CC[C@H]1C. The molecular formula is C17H21N5O2. The van der Waals surface area contributed by atoms with Crippen LogP contribution in [-0.2, 0) is 6.42 Å². The summed E-state index contributed by atoms with van der Waals surface area (Å²) in [6, 6.07) is 0. The summed E-state index contributed by atoms with van der Waals surface area (Å²) in [5.41, 5.74) is 15.1. The number of aliphatic hydroxyl groups is 1. The second-order valence-electron chi connectivity index (χ2n) is 6.08. The monoisotopic (exact) mass is 327 g/mol. The third-order valence-corrected chi connectivity index (χ3v) is 4.50. The molecule has 2 aromatic heterocycles. The van der Waals surface area contributed by atoms with Crippen LogP contribution in [-0.4, -0.2) is 25.5 Å². The molecule has 0 saturated heterocycles. The average molecular weight is 327 g/mol. The van der Waals surface area contributed by atoms with Crippen LogP contribution in [0, 0.1) is 5.92 Å². The van der Waals surface area contributed by atoms with Crippen LogP contribution >= 0.6 is 0 Å². The Kier molecular flexibility index (Phi) is 3.79. The van der Waals surface area contributed by atoms with Crippen molar-refractivity contribution in [2.24, 2.45) is 11.7 Å². The number of allylic oxidation sites excluding steroid dienone is 3. The van der Waals surface area contributed by atoms with Gasteiger partial charge in [0.2, 0.25) is 0 Å². The van der Waals surface area contributed by atoms with Crippen molar-refractivity contribution >= 4 is 28.6 Å². The number of aromatic nitrogens is 3. The zero-order valence-corrected chi connectivity index (χ0v) is 14.0. The summed E-state index contributed by atoms with van der Waals surface area (Å²) in [5, 5.41) is 10.1. The van der Waals surface area contributed by atoms with Crippen LogP contribution in [0.1, 0.15) is 43.2 Å². The molecule has 7 heteroatoms. The summed E-state index contributed by atoms with van der Waals surface area (Å²) in [6.07, 6.45) is 4.81. The number of hydrogen-bond donors (Lipinski definition) is 3. The number of carbonyl (C=O) groups excluding carboxylic acids is 1. The van der Waals surface area contributed by atoms with E-state index in [1.54, 1.807) is 16.8 Å². The predicted molar refractivity (Wildman–Crippen MR) is 93.2 cm³/mol. The second-order valence-corrected chi connectivity index (χ2v) is 6.08. The molecule has 0 radical (unpaired) electrons. The molecule has 1 atom stereocenters. The molecule has 1 aliphatic carbocycles. The molecule has 0 spiro atoms. The number of nitrogens with zero attached hydrogens (tertiary/aromatic N) is 3. The maximum absolute atomic E-state index is 11.9. The lowest BCUT2D eigenvalue weighted by molar-refractivity contribution is 0.100. The van der Waals surface area contributed by atoms with E-state index in [9.17, 15) is 9.90 Å². The second kappa shape index (κ2) is 5.67. The Bertz CT molecular complexity index is 907. The van der Waals surface area contributed by atoms with Crippen LogP contribution in [0.5, 0.6) is 0 Å². The van der Waals surface area contributed by atoms with Gasteiger partial charge in [-0.15, -0.1) is 0 Å². The summed E-state index contributed by atoms with van der Waals surface area (Å²) in [5.74, 6) is -0.114. The Hall–Kier alpha value is -2.83. The number of anilines is 1. The molecule has 0 unspecified atom stereocenters. The van der Waals surface area contributed by atoms with Crippen molar-refractivity contribution < 1.29 is 9.90 Å². The third-order valence-electron chi connectivity index (χ3n) is 4.50. The van der Waals surface area contributed by atoms with Gasteiger partial charge in [-0.25, -0.2) is 9.97 Å². The molecule has 5 N–H and O–H groups in total. The average Bonchev–Trinajstić information content (AvgIpc) is 2.83. The van der Waals surface area contributed by atoms with E-state index in [1.807, 2.05) is 20.8 Å². The Morgan fingerprint density at radius 3 is 2.83 bits per heavy atom. The molecule has 1 aliphatic rings. The molecular weight excluding hydrogens is 306 g/mol. The van der Waals surface area contributed by atoms with Crippen molar-refractivity contribution in [2.75, 3.05) is 5.73 Å². The van der Waals surface area contributed by atoms with Crippen molar-refractivity contribution in [3.05, 3.63) is 34.9 Å². The van der Waals surface area contributed by atoms with Gasteiger partial charge in [-0.1, -0.05) is 13.8 Å². The van der Waals surface area contributed by atoms with Crippen LogP contribution in [0.2, 0.25) is 0 Å². The molecule has 1 amide bonds. The van der Waals surface area contributed by atoms with E-state index in [2.05, 4.69) is 9.97 Å². The Morgan fingerprint density at radius 2 is 2.21 bits per heavy atom. The van der Waals surface area contributed by atoms with Gasteiger partial charge in [0.15, 0.2) is 5.65 Å². The number of nitrogens with two attached hydrogens (primary N) is 2. The molecule has 24 heavy (non-hydrogen) atoms. The fraction of sp³-hybridized carbons (Fsp3) is 0.353. The zero-order valence-electron chi connectivity index (χ0n) is 14.0. The van der Waals surface area contributed by atoms with E-state index in [0.29, 0.717) is 29.6 Å². The van der Waals surface area contributed by atoms with Crippen molar-refractivity contribution in [3.8, 4) is 0 Å². The molecule has 2 aromatic rings. The number of hydrogen-bond acceptors (Lipinski definition) is 5. The summed E-state index contributed by atoms with van der Waals surface area (Å²) in [6.45, 7) is 5.81. The number of fused-ring (bicyclic) bond motifs is 1. The Labute approximate surface area is 139 Å². The number of aliphatic hydroxyl groups excluding tert-OH is 1. The summed E-state index contributed by atoms with van der Waals surface area (Å²) >= 11 is 0. The molecule has 0 saturated carbocycles. The molecule has 126 valence electrons. The van der Waals surface area contributed by atoms with Crippen LogP contribution < -0.4 is 11.5 Å². The lowest BCUT2D eigenvalue weighted by Gasteiger charge is -2.24. The Balaban J connectivity index is 2.41. The van der Waals surface area contributed by atoms with Gasteiger partial charge in [0.25, 0.3) is 5.91 Å². The molecule has 0 aliphatic heterocycles. The number of carbonyl (C=O) groups is 1. The normalized spacial score (nSPS) is 18.1. The minimum atomic E-state index is -0.639. The van der Waals surface area contributed by atoms with E-state index in [0.717, 1.165) is 11.4 Å². The van der Waals surface area contributed by atoms with Gasteiger partial charge in [0, 0.05) is 17.2 Å². The maximum Gasteiger partial charge on any atom is 0.254 e. The lowest BCUT2D eigenvalue weighted by atomic mass is 9.93. The first-order valence-corrected chi connectivity index (χ1v) is 7.93. The number of aryl methyl sites for hydroxylation is 1. The number of nitrogen functional groups attached to an aromatic ring is 1. The minimum Gasteiger partial charge on any atom is -0.508 e. The van der Waals surface area contributed by atoms with Crippen LogP contribution in [0.25, 0.3) is 16.9 Å². The zero-order chi connectivity index (χ0) is 17.6. The van der Waals surface area contributed by atoms with Gasteiger partial charge in [-0.3, -0.25) is 9.36 Å². The Morgan fingerprint density at radius 1 is 1.50 bits per heavy atom. The summed E-state index contributed by atoms with van der Waals surface area (Å²) < 4.78 is 1.70. The molecule has 3 rings (SSSR count). The standard InChI is InChI=1S/C17H21N5O2/c1-4-10-7-20-17-13(21-10)12(16(19)24)15(18)22(17)14-8(2)5-6-11(23)9(14)3/h6-8,23H,4-5,18H2,1-3H3,(H2,19,24)/t8-/m1/s1. The van der Waals surface area contributed by atoms with E-state index in [1.165, 1.54) is 0 Å². The van der Waals surface area contributed by atoms with Crippen molar-refractivity contribution in [1.29, 1.82) is 0 Å². The van der Waals surface area contributed by atoms with Gasteiger partial charge in [-0.05, 0) is 25.8 Å². The predicted octanol–water partition coefficient (Wildman–Crippen LogP) is 2.39. The molecule has 0 fully saturated rings. The fourth-order valence-electron chi connectivity index (χ4n) is 3.20. The highest BCUT2D eigenvalue weighted by atomic mass is 16.3. The van der Waals surface area contributed by atoms with Crippen LogP contribution in [0.4, 0.5) is 5.82 Å². The van der Waals surface area contributed by atoms with Crippen LogP contribution in [0.15, 0.2) is 23.6 Å². The number of rotatable bonds is 3. The molecule has 7 nitrogen and oxygen atoms in total. The molecule has 0 aromatic carbocycles. The highest BCUT2D eigenvalue weighted by Crippen LogP contribution is 2.38. The number of primary amides is 1. The first-order valence-electron chi connectivity index (χ1n) is 7.93. The van der Waals surface area contributed by atoms with Gasteiger partial charge in [0.1, 0.15) is 22.7 Å². The first-order chi connectivity index (χ1) is 11.4. The van der Waals surface area contributed by atoms with Crippen molar-refractivity contribution in [3.63, 3.8) is 0 Å². The molecule has 2 heterocycles. The van der Waals surface area contributed by atoms with E-state index in [-0.39, 0.29) is 23.1 Å². The van der Waals surface area contributed by atoms with E-state index >= 15 is 0 Å². The highest BCUT2D eigenvalue weighted by molar-refractivity contribution is 6.10. The van der Waals surface area contributed by atoms with Gasteiger partial charge >= 0.3 is 0 Å². The third kappa shape index (κ3) is 2.24. The lowest BCUT2D eigenvalue weighted by Crippen LogP contribution is -2.17. The van der Waals surface area contributed by atoms with Crippen molar-refractivity contribution in [1.82, 2.24) is 14.5 Å². The van der Waals surface area contributed by atoms with E-state index in [4.69, 9.17) is 11.5 Å². The summed E-state index contributed by atoms with van der Waals surface area (Å²) in [4.78, 5) is 20.9. The first kappa shape index (κ1) is 16.0. The van der Waals surface area contributed by atoms with E-state index < -0.39 is 5.91 Å². The largest absolute Gasteiger partial charge is 0.508 e. The topological polar surface area (TPSA) is 120 Å². The van der Waals surface area contributed by atoms with Gasteiger partial charge in [0.05, 0.1) is 11.9 Å². The quantitative estimate of drug-likeness (QED) is 0.799. The molecule has 0 bridgehead atoms. The smallest absolute Gasteiger partial charge is 0.254 e. The highest BCUT2D eigenvalue weighted by Gasteiger charge is 2.28. The van der Waals surface area contributed by atoms with Crippen molar-refractivity contribution in [2.45, 2.75) is 33.6 Å².